The molecule has 1 fully saturated rings. The number of benzene rings is 1. The Hall–Kier alpha value is -2.56. The van der Waals surface area contributed by atoms with Crippen molar-refractivity contribution in [3.63, 3.8) is 0 Å². The molecule has 1 saturated carbocycles. The Kier molecular flexibility index (Phi) is 5.53. The fraction of sp³-hybridized carbons (Fsp3) is 0.400. The Labute approximate surface area is 148 Å². The molecule has 1 aliphatic carbocycles. The minimum atomic E-state index is 0.0727. The van der Waals surface area contributed by atoms with Gasteiger partial charge in [-0.3, -0.25) is 9.78 Å². The standard InChI is InChI=1S/C20H24N2O3/c1-24-18-6-5-16(11-19(18)25-2)17(15-3-4-15)12-20(23)22-13-14-7-9-21-10-8-14/h5-11,15,17H,3-4,12-13H2,1-2H3,(H,22,23). The third kappa shape index (κ3) is 4.50. The molecule has 2 aromatic rings. The zero-order valence-corrected chi connectivity index (χ0v) is 14.7. The van der Waals surface area contributed by atoms with E-state index in [4.69, 9.17) is 9.47 Å². The molecule has 1 atom stereocenters. The van der Waals surface area contributed by atoms with Gasteiger partial charge in [-0.25, -0.2) is 0 Å². The molecule has 0 bridgehead atoms. The van der Waals surface area contributed by atoms with Crippen LogP contribution in [-0.4, -0.2) is 25.1 Å². The number of aromatic nitrogens is 1. The van der Waals surface area contributed by atoms with E-state index >= 15 is 0 Å². The van der Waals surface area contributed by atoms with E-state index in [2.05, 4.69) is 10.3 Å². The second kappa shape index (κ2) is 8.01. The summed E-state index contributed by atoms with van der Waals surface area (Å²) in [6.45, 7) is 0.532. The van der Waals surface area contributed by atoms with Crippen LogP contribution in [0.1, 0.15) is 36.3 Å². The first-order chi connectivity index (χ1) is 12.2. The van der Waals surface area contributed by atoms with Gasteiger partial charge in [0.15, 0.2) is 11.5 Å². The van der Waals surface area contributed by atoms with Gasteiger partial charge in [-0.1, -0.05) is 6.07 Å². The highest BCUT2D eigenvalue weighted by atomic mass is 16.5. The molecule has 3 rings (SSSR count). The molecule has 5 heteroatoms. The van der Waals surface area contributed by atoms with Crippen LogP contribution in [0.2, 0.25) is 0 Å². The van der Waals surface area contributed by atoms with Gasteiger partial charge in [-0.15, -0.1) is 0 Å². The molecule has 1 aromatic heterocycles. The fourth-order valence-electron chi connectivity index (χ4n) is 3.11. The van der Waals surface area contributed by atoms with Crippen LogP contribution in [0.15, 0.2) is 42.7 Å². The lowest BCUT2D eigenvalue weighted by Crippen LogP contribution is -2.25. The fourth-order valence-corrected chi connectivity index (χ4v) is 3.11. The summed E-state index contributed by atoms with van der Waals surface area (Å²) in [5.41, 5.74) is 2.19. The Morgan fingerprint density at radius 3 is 2.52 bits per heavy atom. The number of carbonyl (C=O) groups is 1. The van der Waals surface area contributed by atoms with E-state index in [-0.39, 0.29) is 11.8 Å². The number of nitrogens with one attached hydrogen (secondary N) is 1. The van der Waals surface area contributed by atoms with E-state index in [1.165, 1.54) is 12.8 Å². The number of methoxy groups -OCH3 is 2. The summed E-state index contributed by atoms with van der Waals surface area (Å²) in [4.78, 5) is 16.4. The van der Waals surface area contributed by atoms with Crippen LogP contribution in [0.4, 0.5) is 0 Å². The molecule has 0 spiro atoms. The lowest BCUT2D eigenvalue weighted by Gasteiger charge is -2.18. The maximum atomic E-state index is 12.4. The van der Waals surface area contributed by atoms with Crippen molar-refractivity contribution in [1.82, 2.24) is 10.3 Å². The van der Waals surface area contributed by atoms with E-state index < -0.39 is 0 Å². The molecule has 1 heterocycles. The number of ether oxygens (including phenoxy) is 2. The molecular formula is C20H24N2O3. The third-order valence-electron chi connectivity index (χ3n) is 4.67. The lowest BCUT2D eigenvalue weighted by atomic mass is 9.90. The van der Waals surface area contributed by atoms with Gasteiger partial charge in [0.25, 0.3) is 0 Å². The summed E-state index contributed by atoms with van der Waals surface area (Å²) in [5, 5.41) is 3.01. The highest BCUT2D eigenvalue weighted by Crippen LogP contribution is 2.46. The highest BCUT2D eigenvalue weighted by molar-refractivity contribution is 5.77. The molecule has 1 N–H and O–H groups in total. The maximum absolute atomic E-state index is 12.4. The van der Waals surface area contributed by atoms with Crippen molar-refractivity contribution in [2.75, 3.05) is 14.2 Å². The SMILES string of the molecule is COc1ccc(C(CC(=O)NCc2ccncc2)C2CC2)cc1OC. The third-order valence-corrected chi connectivity index (χ3v) is 4.67. The zero-order chi connectivity index (χ0) is 17.6. The minimum absolute atomic E-state index is 0.0727. The number of carbonyl (C=O) groups excluding carboxylic acids is 1. The summed E-state index contributed by atoms with van der Waals surface area (Å²) in [7, 11) is 3.26. The first-order valence-electron chi connectivity index (χ1n) is 8.58. The van der Waals surface area contributed by atoms with Gasteiger partial charge in [0, 0.05) is 25.4 Å². The molecule has 132 valence electrons. The zero-order valence-electron chi connectivity index (χ0n) is 14.7. The number of nitrogens with zero attached hydrogens (tertiary/aromatic N) is 1. The number of hydrogen-bond acceptors (Lipinski definition) is 4. The smallest absolute Gasteiger partial charge is 0.220 e. The normalized spacial score (nSPS) is 14.6. The van der Waals surface area contributed by atoms with Crippen molar-refractivity contribution in [3.05, 3.63) is 53.9 Å². The molecule has 0 radical (unpaired) electrons. The summed E-state index contributed by atoms with van der Waals surface area (Å²) >= 11 is 0. The lowest BCUT2D eigenvalue weighted by molar-refractivity contribution is -0.121. The Morgan fingerprint density at radius 1 is 1.16 bits per heavy atom. The predicted octanol–water partition coefficient (Wildman–Crippen LogP) is 3.30. The second-order valence-electron chi connectivity index (χ2n) is 6.39. The summed E-state index contributed by atoms with van der Waals surface area (Å²) < 4.78 is 10.7. The monoisotopic (exact) mass is 340 g/mol. The maximum Gasteiger partial charge on any atom is 0.220 e. The summed E-state index contributed by atoms with van der Waals surface area (Å²) in [6, 6.07) is 9.77. The Balaban J connectivity index is 1.66. The average molecular weight is 340 g/mol. The van der Waals surface area contributed by atoms with E-state index in [0.717, 1.165) is 11.1 Å². The molecule has 1 unspecified atom stereocenters. The molecule has 0 aliphatic heterocycles. The van der Waals surface area contributed by atoms with Crippen molar-refractivity contribution in [2.24, 2.45) is 5.92 Å². The summed E-state index contributed by atoms with van der Waals surface area (Å²) in [5.74, 6) is 2.29. The van der Waals surface area contributed by atoms with Crippen molar-refractivity contribution in [2.45, 2.75) is 31.7 Å². The minimum Gasteiger partial charge on any atom is -0.493 e. The number of rotatable bonds is 8. The molecular weight excluding hydrogens is 316 g/mol. The second-order valence-corrected chi connectivity index (χ2v) is 6.39. The highest BCUT2D eigenvalue weighted by Gasteiger charge is 2.34. The van der Waals surface area contributed by atoms with E-state index in [9.17, 15) is 4.79 Å². The van der Waals surface area contributed by atoms with Gasteiger partial charge in [0.2, 0.25) is 5.91 Å². The van der Waals surface area contributed by atoms with E-state index in [0.29, 0.717) is 30.4 Å². The molecule has 0 saturated heterocycles. The molecule has 1 amide bonds. The van der Waals surface area contributed by atoms with Crippen LogP contribution in [0.5, 0.6) is 11.5 Å². The topological polar surface area (TPSA) is 60.5 Å². The van der Waals surface area contributed by atoms with Crippen LogP contribution in [0.25, 0.3) is 0 Å². The number of amides is 1. The summed E-state index contributed by atoms with van der Waals surface area (Å²) in [6.07, 6.45) is 6.31. The van der Waals surface area contributed by atoms with Crippen LogP contribution in [0, 0.1) is 5.92 Å². The average Bonchev–Trinajstić information content (AvgIpc) is 3.49. The number of pyridine rings is 1. The quantitative estimate of drug-likeness (QED) is 0.801. The molecule has 1 aliphatic rings. The first-order valence-corrected chi connectivity index (χ1v) is 8.58. The first kappa shape index (κ1) is 17.3. The van der Waals surface area contributed by atoms with E-state index in [1.54, 1.807) is 26.6 Å². The van der Waals surface area contributed by atoms with Gasteiger partial charge in [0.05, 0.1) is 14.2 Å². The van der Waals surface area contributed by atoms with Crippen LogP contribution in [0.3, 0.4) is 0 Å². The van der Waals surface area contributed by atoms with Crippen LogP contribution in [-0.2, 0) is 11.3 Å². The van der Waals surface area contributed by atoms with Gasteiger partial charge in [0.1, 0.15) is 0 Å². The van der Waals surface area contributed by atoms with Crippen molar-refractivity contribution < 1.29 is 14.3 Å². The molecule has 25 heavy (non-hydrogen) atoms. The van der Waals surface area contributed by atoms with Crippen molar-refractivity contribution in [3.8, 4) is 11.5 Å². The van der Waals surface area contributed by atoms with Crippen molar-refractivity contribution >= 4 is 5.91 Å². The number of hydrogen-bond donors (Lipinski definition) is 1. The Morgan fingerprint density at radius 2 is 1.88 bits per heavy atom. The van der Waals surface area contributed by atoms with Gasteiger partial charge < -0.3 is 14.8 Å². The van der Waals surface area contributed by atoms with Gasteiger partial charge >= 0.3 is 0 Å². The molecule has 1 aromatic carbocycles. The van der Waals surface area contributed by atoms with Crippen LogP contribution >= 0.6 is 0 Å². The largest absolute Gasteiger partial charge is 0.493 e. The van der Waals surface area contributed by atoms with Gasteiger partial charge in [-0.05, 0) is 60.1 Å². The van der Waals surface area contributed by atoms with E-state index in [1.807, 2.05) is 30.3 Å². The van der Waals surface area contributed by atoms with Crippen molar-refractivity contribution in [1.29, 1.82) is 0 Å². The van der Waals surface area contributed by atoms with Crippen LogP contribution < -0.4 is 14.8 Å². The van der Waals surface area contributed by atoms with Gasteiger partial charge in [-0.2, -0.15) is 0 Å². The predicted molar refractivity (Wildman–Crippen MR) is 95.7 cm³/mol. The molecule has 5 nitrogen and oxygen atoms in total. The Bertz CT molecular complexity index is 714.